The second-order valence-corrected chi connectivity index (χ2v) is 4.81. The highest BCUT2D eigenvalue weighted by molar-refractivity contribution is 7.21. The van der Waals surface area contributed by atoms with Crippen LogP contribution in [0, 0.1) is 24.0 Å². The Morgan fingerprint density at radius 3 is 2.53 bits per heavy atom. The highest BCUT2D eigenvalue weighted by Crippen LogP contribution is 2.36. The molecular weight excluding hydrogens is 240 g/mol. The van der Waals surface area contributed by atoms with Gasteiger partial charge >= 0.3 is 0 Å². The van der Waals surface area contributed by atoms with Gasteiger partial charge in [-0.3, -0.25) is 14.9 Å². The summed E-state index contributed by atoms with van der Waals surface area (Å²) in [6, 6.07) is 3.11. The van der Waals surface area contributed by atoms with Crippen LogP contribution in [-0.4, -0.2) is 10.8 Å². The molecule has 0 fully saturated rings. The Morgan fingerprint density at radius 1 is 1.35 bits per heavy atom. The van der Waals surface area contributed by atoms with Crippen molar-refractivity contribution < 1.29 is 9.72 Å². The highest BCUT2D eigenvalue weighted by Gasteiger charge is 2.19. The van der Waals surface area contributed by atoms with Crippen molar-refractivity contribution in [3.63, 3.8) is 0 Å². The van der Waals surface area contributed by atoms with Gasteiger partial charge in [-0.25, -0.2) is 0 Å². The third-order valence-electron chi connectivity index (χ3n) is 2.75. The van der Waals surface area contributed by atoms with Gasteiger partial charge in [0, 0.05) is 21.7 Å². The van der Waals surface area contributed by atoms with Crippen molar-refractivity contribution in [3.05, 3.63) is 38.3 Å². The summed E-state index contributed by atoms with van der Waals surface area (Å²) in [5.74, 6) is -0.495. The van der Waals surface area contributed by atoms with Crippen molar-refractivity contribution in [1.29, 1.82) is 0 Å². The second-order valence-electron chi connectivity index (χ2n) is 3.76. The van der Waals surface area contributed by atoms with E-state index in [2.05, 4.69) is 0 Å². The minimum atomic E-state index is -0.495. The number of aryl methyl sites for hydroxylation is 2. The predicted molar refractivity (Wildman–Crippen MR) is 66.5 cm³/mol. The molecule has 0 atom stereocenters. The monoisotopic (exact) mass is 250 g/mol. The van der Waals surface area contributed by atoms with Crippen LogP contribution in [0.3, 0.4) is 0 Å². The summed E-state index contributed by atoms with van der Waals surface area (Å²) in [5.41, 5.74) is 6.63. The van der Waals surface area contributed by atoms with E-state index in [-0.39, 0.29) is 5.69 Å². The minimum absolute atomic E-state index is 0.0643. The molecule has 2 rings (SSSR count). The zero-order valence-corrected chi connectivity index (χ0v) is 10.1. The molecule has 0 radical (unpaired) electrons. The van der Waals surface area contributed by atoms with Gasteiger partial charge in [-0.05, 0) is 25.5 Å². The summed E-state index contributed by atoms with van der Waals surface area (Å²) in [5, 5.41) is 11.6. The lowest BCUT2D eigenvalue weighted by molar-refractivity contribution is -0.385. The van der Waals surface area contributed by atoms with Crippen molar-refractivity contribution in [3.8, 4) is 0 Å². The molecule has 17 heavy (non-hydrogen) atoms. The molecule has 0 aliphatic heterocycles. The molecule has 0 aliphatic carbocycles. The average Bonchev–Trinajstić information content (AvgIpc) is 2.56. The summed E-state index contributed by atoms with van der Waals surface area (Å²) in [7, 11) is 0. The molecule has 0 saturated carbocycles. The highest BCUT2D eigenvalue weighted by atomic mass is 32.1. The SMILES string of the molecule is Cc1c([N+](=O)[O-])ccc2sc(C(N)=O)c(C)c12. The van der Waals surface area contributed by atoms with Gasteiger partial charge < -0.3 is 5.73 Å². The molecule has 0 unspecified atom stereocenters. The lowest BCUT2D eigenvalue weighted by Gasteiger charge is -2.00. The first-order valence-corrected chi connectivity index (χ1v) is 5.72. The van der Waals surface area contributed by atoms with Gasteiger partial charge in [0.05, 0.1) is 9.80 Å². The van der Waals surface area contributed by atoms with E-state index in [1.54, 1.807) is 19.9 Å². The number of rotatable bonds is 2. The van der Waals surface area contributed by atoms with Gasteiger partial charge in [-0.1, -0.05) is 0 Å². The van der Waals surface area contributed by atoms with Crippen LogP contribution in [0.4, 0.5) is 5.69 Å². The summed E-state index contributed by atoms with van der Waals surface area (Å²) in [6.45, 7) is 3.45. The van der Waals surface area contributed by atoms with Crippen LogP contribution >= 0.6 is 11.3 Å². The zero-order chi connectivity index (χ0) is 12.7. The summed E-state index contributed by atoms with van der Waals surface area (Å²) >= 11 is 1.27. The van der Waals surface area contributed by atoms with E-state index in [1.807, 2.05) is 0 Å². The van der Waals surface area contributed by atoms with Crippen LogP contribution in [0.1, 0.15) is 20.8 Å². The van der Waals surface area contributed by atoms with E-state index in [0.717, 1.165) is 15.6 Å². The maximum atomic E-state index is 11.2. The van der Waals surface area contributed by atoms with Crippen molar-refractivity contribution in [2.75, 3.05) is 0 Å². The number of amides is 1. The van der Waals surface area contributed by atoms with Gasteiger partial charge in [-0.2, -0.15) is 0 Å². The number of carbonyl (C=O) groups is 1. The summed E-state index contributed by atoms with van der Waals surface area (Å²) in [4.78, 5) is 22.1. The van der Waals surface area contributed by atoms with Crippen LogP contribution < -0.4 is 5.73 Å². The van der Waals surface area contributed by atoms with E-state index >= 15 is 0 Å². The normalized spacial score (nSPS) is 10.7. The number of primary amides is 1. The number of benzene rings is 1. The largest absolute Gasteiger partial charge is 0.365 e. The van der Waals surface area contributed by atoms with Gasteiger partial charge in [0.25, 0.3) is 11.6 Å². The average molecular weight is 250 g/mol. The van der Waals surface area contributed by atoms with Gasteiger partial charge in [0.15, 0.2) is 0 Å². The predicted octanol–water partition coefficient (Wildman–Crippen LogP) is 2.53. The molecular formula is C11H10N2O3S. The molecule has 1 amide bonds. The van der Waals surface area contributed by atoms with E-state index < -0.39 is 10.8 Å². The molecule has 1 heterocycles. The Balaban J connectivity index is 2.86. The number of nitrogens with two attached hydrogens (primary N) is 1. The molecule has 1 aromatic carbocycles. The minimum Gasteiger partial charge on any atom is -0.365 e. The third kappa shape index (κ3) is 1.66. The van der Waals surface area contributed by atoms with Crippen LogP contribution in [0.5, 0.6) is 0 Å². The van der Waals surface area contributed by atoms with E-state index in [1.165, 1.54) is 17.4 Å². The summed E-state index contributed by atoms with van der Waals surface area (Å²) in [6.07, 6.45) is 0. The molecule has 5 nitrogen and oxygen atoms in total. The Kier molecular flexibility index (Phi) is 2.59. The lowest BCUT2D eigenvalue weighted by Crippen LogP contribution is -2.09. The molecule has 0 bridgehead atoms. The smallest absolute Gasteiger partial charge is 0.273 e. The van der Waals surface area contributed by atoms with Crippen molar-refractivity contribution in [2.45, 2.75) is 13.8 Å². The van der Waals surface area contributed by atoms with E-state index in [4.69, 9.17) is 5.73 Å². The fraction of sp³-hybridized carbons (Fsp3) is 0.182. The molecule has 2 aromatic rings. The van der Waals surface area contributed by atoms with Crippen LogP contribution in [0.15, 0.2) is 12.1 Å². The van der Waals surface area contributed by atoms with Crippen LogP contribution in [0.2, 0.25) is 0 Å². The van der Waals surface area contributed by atoms with Crippen molar-refractivity contribution >= 4 is 33.0 Å². The maximum absolute atomic E-state index is 11.2. The molecule has 1 aromatic heterocycles. The first-order valence-electron chi connectivity index (χ1n) is 4.90. The van der Waals surface area contributed by atoms with Crippen LogP contribution in [0.25, 0.3) is 10.1 Å². The number of nitro benzene ring substituents is 1. The van der Waals surface area contributed by atoms with Gasteiger partial charge in [-0.15, -0.1) is 11.3 Å². The second kappa shape index (κ2) is 3.81. The van der Waals surface area contributed by atoms with Crippen LogP contribution in [-0.2, 0) is 0 Å². The molecule has 0 aliphatic rings. The number of carbonyl (C=O) groups excluding carboxylic acids is 1. The topological polar surface area (TPSA) is 86.2 Å². The third-order valence-corrected chi connectivity index (χ3v) is 4.02. The number of nitro groups is 1. The quantitative estimate of drug-likeness (QED) is 0.656. The molecule has 0 spiro atoms. The molecule has 88 valence electrons. The van der Waals surface area contributed by atoms with Gasteiger partial charge in [0.1, 0.15) is 0 Å². The van der Waals surface area contributed by atoms with Crippen molar-refractivity contribution in [1.82, 2.24) is 0 Å². The standard InChI is InChI=1S/C11H10N2O3S/c1-5-7(13(15)16)3-4-8-9(5)6(2)10(17-8)11(12)14/h3-4H,1-2H3,(H2,12,14). The zero-order valence-electron chi connectivity index (χ0n) is 9.31. The Hall–Kier alpha value is -1.95. The number of thiophene rings is 1. The van der Waals surface area contributed by atoms with Gasteiger partial charge in [0.2, 0.25) is 0 Å². The summed E-state index contributed by atoms with van der Waals surface area (Å²) < 4.78 is 0.847. The van der Waals surface area contributed by atoms with Crippen molar-refractivity contribution in [2.24, 2.45) is 5.73 Å². The number of nitrogens with zero attached hydrogens (tertiary/aromatic N) is 1. The maximum Gasteiger partial charge on any atom is 0.273 e. The molecule has 0 saturated heterocycles. The number of fused-ring (bicyclic) bond motifs is 1. The Labute approximate surface area is 101 Å². The Bertz CT molecular complexity index is 634. The first-order chi connectivity index (χ1) is 7.93. The molecule has 6 heteroatoms. The van der Waals surface area contributed by atoms with E-state index in [9.17, 15) is 14.9 Å². The Morgan fingerprint density at radius 2 is 2.00 bits per heavy atom. The lowest BCUT2D eigenvalue weighted by atomic mass is 10.1. The number of hydrogen-bond donors (Lipinski definition) is 1. The number of hydrogen-bond acceptors (Lipinski definition) is 4. The molecule has 2 N–H and O–H groups in total. The first kappa shape index (κ1) is 11.5. The van der Waals surface area contributed by atoms with E-state index in [0.29, 0.717) is 10.4 Å². The fourth-order valence-electron chi connectivity index (χ4n) is 1.96. The fourth-order valence-corrected chi connectivity index (χ4v) is 3.08.